The van der Waals surface area contributed by atoms with Gasteiger partial charge in [-0.25, -0.2) is 14.2 Å². The topological polar surface area (TPSA) is 64.1 Å². The molecule has 1 aliphatic carbocycles. The smallest absolute Gasteiger partial charge is 0.343 e. The second-order valence-electron chi connectivity index (χ2n) is 7.97. The maximum absolute atomic E-state index is 13.0. The van der Waals surface area contributed by atoms with Crippen molar-refractivity contribution >= 4 is 33.8 Å². The molecule has 0 saturated heterocycles. The number of nitrogens with zero attached hydrogens (tertiary/aromatic N) is 2. The van der Waals surface area contributed by atoms with E-state index in [9.17, 15) is 9.18 Å². The van der Waals surface area contributed by atoms with Crippen LogP contribution in [0.15, 0.2) is 79.1 Å². The van der Waals surface area contributed by atoms with Crippen molar-refractivity contribution in [2.75, 3.05) is 5.32 Å². The molecule has 1 aliphatic rings. The first-order valence-corrected chi connectivity index (χ1v) is 10.9. The average Bonchev–Trinajstić information content (AvgIpc) is 2.86. The third-order valence-corrected chi connectivity index (χ3v) is 5.66. The largest absolute Gasteiger partial charge is 0.423 e. The Morgan fingerprint density at radius 2 is 1.79 bits per heavy atom. The molecular formula is C27H22FN3O2. The number of pyridine rings is 2. The van der Waals surface area contributed by atoms with Crippen molar-refractivity contribution in [2.24, 2.45) is 0 Å². The van der Waals surface area contributed by atoms with Gasteiger partial charge in [-0.3, -0.25) is 4.98 Å². The highest BCUT2D eigenvalue weighted by Gasteiger charge is 2.13. The molecule has 164 valence electrons. The van der Waals surface area contributed by atoms with Crippen LogP contribution in [0, 0.1) is 5.82 Å². The number of halogens is 1. The summed E-state index contributed by atoms with van der Waals surface area (Å²) < 4.78 is 18.3. The van der Waals surface area contributed by atoms with E-state index < -0.39 is 5.97 Å². The molecular weight excluding hydrogens is 417 g/mol. The highest BCUT2D eigenvalue weighted by molar-refractivity contribution is 5.94. The highest BCUT2D eigenvalue weighted by atomic mass is 19.1. The quantitative estimate of drug-likeness (QED) is 0.277. The number of aromatic nitrogens is 2. The Hall–Kier alpha value is -4.06. The fraction of sp³-hybridized carbons (Fsp3) is 0.148. The molecule has 2 heterocycles. The summed E-state index contributed by atoms with van der Waals surface area (Å²) in [7, 11) is 0. The van der Waals surface area contributed by atoms with E-state index in [0.717, 1.165) is 35.0 Å². The van der Waals surface area contributed by atoms with Crippen molar-refractivity contribution in [3.05, 3.63) is 96.2 Å². The number of carbonyl (C=O) groups is 1. The van der Waals surface area contributed by atoms with Gasteiger partial charge in [-0.15, -0.1) is 0 Å². The van der Waals surface area contributed by atoms with Crippen LogP contribution in [-0.4, -0.2) is 15.9 Å². The maximum atomic E-state index is 13.0. The maximum Gasteiger partial charge on any atom is 0.343 e. The molecule has 2 aromatic heterocycles. The molecule has 0 aliphatic heterocycles. The van der Waals surface area contributed by atoms with Crippen molar-refractivity contribution in [3.8, 4) is 5.75 Å². The van der Waals surface area contributed by atoms with Crippen LogP contribution >= 0.6 is 0 Å². The van der Waals surface area contributed by atoms with Crippen molar-refractivity contribution in [2.45, 2.75) is 25.7 Å². The van der Waals surface area contributed by atoms with Crippen LogP contribution in [0.4, 0.5) is 15.9 Å². The molecule has 0 fully saturated rings. The number of carbonyl (C=O) groups excluding carboxylic acids is 1. The summed E-state index contributed by atoms with van der Waals surface area (Å²) in [4.78, 5) is 21.5. The molecule has 1 N–H and O–H groups in total. The van der Waals surface area contributed by atoms with Gasteiger partial charge in [0.2, 0.25) is 0 Å². The van der Waals surface area contributed by atoms with Gasteiger partial charge < -0.3 is 10.1 Å². The lowest BCUT2D eigenvalue weighted by Gasteiger charge is -2.15. The predicted molar refractivity (Wildman–Crippen MR) is 127 cm³/mol. The molecule has 0 unspecified atom stereocenters. The lowest BCUT2D eigenvalue weighted by atomic mass is 9.94. The molecule has 5 nitrogen and oxygen atoms in total. The molecule has 6 heteroatoms. The lowest BCUT2D eigenvalue weighted by molar-refractivity contribution is 0.0734. The zero-order valence-electron chi connectivity index (χ0n) is 17.9. The highest BCUT2D eigenvalue weighted by Crippen LogP contribution is 2.31. The van der Waals surface area contributed by atoms with Gasteiger partial charge in [0.15, 0.2) is 0 Å². The third-order valence-electron chi connectivity index (χ3n) is 5.66. The number of nitrogens with one attached hydrogen (secondary N) is 1. The Bertz CT molecular complexity index is 1330. The summed E-state index contributed by atoms with van der Waals surface area (Å²) in [6.45, 7) is 0. The number of hydrogen-bond donors (Lipinski definition) is 1. The zero-order chi connectivity index (χ0) is 22.6. The summed E-state index contributed by atoms with van der Waals surface area (Å²) in [6.07, 6.45) is 10.5. The van der Waals surface area contributed by atoms with Crippen LogP contribution in [0.5, 0.6) is 5.75 Å². The van der Waals surface area contributed by atoms with E-state index in [0.29, 0.717) is 17.1 Å². The van der Waals surface area contributed by atoms with Gasteiger partial charge in [-0.2, -0.15) is 0 Å². The van der Waals surface area contributed by atoms with Gasteiger partial charge in [-0.1, -0.05) is 6.08 Å². The molecule has 0 radical (unpaired) electrons. The van der Waals surface area contributed by atoms with E-state index in [-0.39, 0.29) is 5.82 Å². The number of allylic oxidation sites excluding steroid dienone is 2. The van der Waals surface area contributed by atoms with E-state index in [1.54, 1.807) is 24.3 Å². The number of benzene rings is 2. The van der Waals surface area contributed by atoms with Crippen LogP contribution < -0.4 is 10.1 Å². The zero-order valence-corrected chi connectivity index (χ0v) is 17.9. The van der Waals surface area contributed by atoms with Gasteiger partial charge >= 0.3 is 5.97 Å². The first kappa shape index (κ1) is 20.8. The number of rotatable bonds is 5. The summed E-state index contributed by atoms with van der Waals surface area (Å²) >= 11 is 0. The normalized spacial score (nSPS) is 13.4. The first-order chi connectivity index (χ1) is 16.2. The monoisotopic (exact) mass is 439 g/mol. The Morgan fingerprint density at radius 1 is 0.970 bits per heavy atom. The van der Waals surface area contributed by atoms with Crippen LogP contribution in [0.25, 0.3) is 16.3 Å². The minimum absolute atomic E-state index is 0.293. The van der Waals surface area contributed by atoms with E-state index in [4.69, 9.17) is 4.74 Å². The predicted octanol–water partition coefficient (Wildman–Crippen LogP) is 6.69. The number of anilines is 2. The minimum atomic E-state index is -0.506. The molecule has 0 spiro atoms. The SMILES string of the molecule is O=C(Oc1ccc(F)cc1)c1ccc(Nc2cc3c(C4=CCCCC4)nccc3cn2)cc1. The Labute approximate surface area is 191 Å². The molecule has 5 rings (SSSR count). The van der Waals surface area contributed by atoms with Crippen LogP contribution in [0.2, 0.25) is 0 Å². The fourth-order valence-electron chi connectivity index (χ4n) is 3.95. The summed E-state index contributed by atoms with van der Waals surface area (Å²) in [5, 5.41) is 5.42. The molecule has 0 saturated carbocycles. The number of fused-ring (bicyclic) bond motifs is 1. The van der Waals surface area contributed by atoms with E-state index >= 15 is 0 Å². The van der Waals surface area contributed by atoms with Crippen LogP contribution in [-0.2, 0) is 0 Å². The molecule has 0 bridgehead atoms. The van der Waals surface area contributed by atoms with Crippen molar-refractivity contribution < 1.29 is 13.9 Å². The first-order valence-electron chi connectivity index (χ1n) is 10.9. The molecule has 4 aromatic rings. The van der Waals surface area contributed by atoms with Crippen molar-refractivity contribution in [1.82, 2.24) is 9.97 Å². The number of hydrogen-bond acceptors (Lipinski definition) is 5. The van der Waals surface area contributed by atoms with Gasteiger partial charge in [0.05, 0.1) is 11.3 Å². The third kappa shape index (κ3) is 4.75. The van der Waals surface area contributed by atoms with Crippen LogP contribution in [0.3, 0.4) is 0 Å². The molecule has 2 aromatic carbocycles. The van der Waals surface area contributed by atoms with E-state index in [1.165, 1.54) is 42.7 Å². The van der Waals surface area contributed by atoms with E-state index in [2.05, 4.69) is 21.4 Å². The molecule has 0 atom stereocenters. The molecule has 33 heavy (non-hydrogen) atoms. The second-order valence-corrected chi connectivity index (χ2v) is 7.97. The van der Waals surface area contributed by atoms with Crippen molar-refractivity contribution in [3.63, 3.8) is 0 Å². The lowest BCUT2D eigenvalue weighted by Crippen LogP contribution is -2.08. The van der Waals surface area contributed by atoms with Crippen LogP contribution in [0.1, 0.15) is 41.7 Å². The Kier molecular flexibility index (Phi) is 5.81. The molecule has 0 amide bonds. The summed E-state index contributed by atoms with van der Waals surface area (Å²) in [5.74, 6) is 0.107. The van der Waals surface area contributed by atoms with Gasteiger partial charge in [-0.05, 0) is 91.9 Å². The standard InChI is InChI=1S/C27H22FN3O2/c28-21-8-12-23(13-9-21)33-27(32)19-6-10-22(11-7-19)31-25-16-24-20(17-30-25)14-15-29-26(24)18-4-2-1-3-5-18/h4,6-17H,1-3,5H2,(H,30,31). The Morgan fingerprint density at radius 3 is 2.55 bits per heavy atom. The minimum Gasteiger partial charge on any atom is -0.423 e. The van der Waals surface area contributed by atoms with Gasteiger partial charge in [0.25, 0.3) is 0 Å². The van der Waals surface area contributed by atoms with Crippen molar-refractivity contribution in [1.29, 1.82) is 0 Å². The summed E-state index contributed by atoms with van der Waals surface area (Å²) in [5.41, 5.74) is 3.51. The summed E-state index contributed by atoms with van der Waals surface area (Å²) in [6, 6.07) is 16.3. The second kappa shape index (κ2) is 9.20. The van der Waals surface area contributed by atoms with E-state index in [1.807, 2.05) is 24.5 Å². The number of esters is 1. The van der Waals surface area contributed by atoms with Gasteiger partial charge in [0, 0.05) is 28.9 Å². The fourth-order valence-corrected chi connectivity index (χ4v) is 3.95. The number of ether oxygens (including phenoxy) is 1. The average molecular weight is 439 g/mol. The Balaban J connectivity index is 1.33. The van der Waals surface area contributed by atoms with Gasteiger partial charge in [0.1, 0.15) is 17.4 Å².